The first kappa shape index (κ1) is 14.2. The minimum Gasteiger partial charge on any atom is -0.384 e. The van der Waals surface area contributed by atoms with Crippen LogP contribution in [-0.2, 0) is 0 Å². The number of aliphatic hydroxyl groups is 1. The van der Waals surface area contributed by atoms with Gasteiger partial charge in [0.15, 0.2) is 0 Å². The van der Waals surface area contributed by atoms with Gasteiger partial charge in [0.1, 0.15) is 6.61 Å². The van der Waals surface area contributed by atoms with Crippen LogP contribution in [-0.4, -0.2) is 30.7 Å². The summed E-state index contributed by atoms with van der Waals surface area (Å²) < 4.78 is 0. The minimum absolute atomic E-state index is 0.207. The average Bonchev–Trinajstić information content (AvgIpc) is 2.48. The molecule has 1 aliphatic rings. The summed E-state index contributed by atoms with van der Waals surface area (Å²) in [5.74, 6) is 2.09. The molecule has 0 spiro atoms. The zero-order valence-corrected chi connectivity index (χ0v) is 11.4. The molecule has 106 valence electrons. The van der Waals surface area contributed by atoms with Crippen molar-refractivity contribution in [2.24, 2.45) is 5.73 Å². The van der Waals surface area contributed by atoms with Gasteiger partial charge in [-0.3, -0.25) is 4.79 Å². The molecule has 0 saturated carbocycles. The number of hydrogen-bond donors (Lipinski definition) is 3. The Morgan fingerprint density at radius 1 is 1.35 bits per heavy atom. The number of carbonyl (C=O) groups is 1. The van der Waals surface area contributed by atoms with Gasteiger partial charge in [0.05, 0.1) is 16.9 Å². The molecule has 1 heterocycles. The molecule has 5 heteroatoms. The van der Waals surface area contributed by atoms with Gasteiger partial charge < -0.3 is 21.1 Å². The molecule has 1 aliphatic heterocycles. The zero-order chi connectivity index (χ0) is 14.4. The maximum Gasteiger partial charge on any atom is 0.250 e. The average molecular weight is 273 g/mol. The normalized spacial score (nSPS) is 14.3. The van der Waals surface area contributed by atoms with Gasteiger partial charge in [0, 0.05) is 19.1 Å². The van der Waals surface area contributed by atoms with E-state index in [1.54, 1.807) is 12.1 Å². The van der Waals surface area contributed by atoms with Crippen LogP contribution in [0.4, 0.5) is 11.4 Å². The number of piperidine rings is 1. The van der Waals surface area contributed by atoms with Crippen LogP contribution in [0.5, 0.6) is 0 Å². The number of carbonyl (C=O) groups excluding carboxylic acids is 1. The number of aliphatic hydroxyl groups excluding tert-OH is 1. The van der Waals surface area contributed by atoms with E-state index in [1.165, 1.54) is 6.42 Å². The first-order valence-corrected chi connectivity index (χ1v) is 6.76. The Hall–Kier alpha value is -2.19. The molecule has 1 aromatic rings. The lowest BCUT2D eigenvalue weighted by molar-refractivity contribution is 0.100. The number of rotatable bonds is 3. The summed E-state index contributed by atoms with van der Waals surface area (Å²) in [7, 11) is 0. The lowest BCUT2D eigenvalue weighted by atomic mass is 10.1. The molecule has 0 atom stereocenters. The van der Waals surface area contributed by atoms with Gasteiger partial charge in [-0.05, 0) is 31.4 Å². The van der Waals surface area contributed by atoms with Gasteiger partial charge in [-0.1, -0.05) is 12.0 Å². The summed E-state index contributed by atoms with van der Waals surface area (Å²) in [5.41, 5.74) is 7.54. The van der Waals surface area contributed by atoms with Gasteiger partial charge in [-0.2, -0.15) is 0 Å². The Morgan fingerprint density at radius 2 is 2.10 bits per heavy atom. The second-order valence-corrected chi connectivity index (χ2v) is 4.70. The van der Waals surface area contributed by atoms with Crippen LogP contribution in [0.3, 0.4) is 0 Å². The molecule has 1 amide bonds. The standard InChI is InChI=1S/C15H19N3O2/c16-15(20)12-6-4-7-13(17-8-5-11-19)14(12)18-9-2-1-3-10-18/h4,6-7,17,19H,1-3,9-11H2,(H2,16,20). The number of nitrogens with two attached hydrogens (primary N) is 1. The molecule has 1 fully saturated rings. The van der Waals surface area contributed by atoms with Gasteiger partial charge >= 0.3 is 0 Å². The molecule has 0 bridgehead atoms. The fraction of sp³-hybridized carbons (Fsp3) is 0.400. The minimum atomic E-state index is -0.440. The molecular formula is C15H19N3O2. The van der Waals surface area contributed by atoms with Gasteiger partial charge in [-0.15, -0.1) is 0 Å². The molecule has 0 unspecified atom stereocenters. The monoisotopic (exact) mass is 273 g/mol. The molecule has 1 saturated heterocycles. The summed E-state index contributed by atoms with van der Waals surface area (Å²) in [4.78, 5) is 13.8. The van der Waals surface area contributed by atoms with E-state index in [0.29, 0.717) is 5.56 Å². The second-order valence-electron chi connectivity index (χ2n) is 4.70. The van der Waals surface area contributed by atoms with Crippen molar-refractivity contribution in [2.45, 2.75) is 19.3 Å². The number of para-hydroxylation sites is 1. The molecule has 1 aromatic carbocycles. The number of nitrogens with one attached hydrogen (secondary N) is 1. The van der Waals surface area contributed by atoms with E-state index in [1.807, 2.05) is 6.07 Å². The third-order valence-electron chi connectivity index (χ3n) is 3.34. The van der Waals surface area contributed by atoms with Crippen molar-refractivity contribution in [3.63, 3.8) is 0 Å². The van der Waals surface area contributed by atoms with Crippen molar-refractivity contribution in [1.29, 1.82) is 0 Å². The van der Waals surface area contributed by atoms with E-state index in [-0.39, 0.29) is 6.61 Å². The van der Waals surface area contributed by atoms with Gasteiger partial charge in [0.2, 0.25) is 0 Å². The topological polar surface area (TPSA) is 78.6 Å². The highest BCUT2D eigenvalue weighted by molar-refractivity contribution is 6.02. The van der Waals surface area contributed by atoms with Gasteiger partial charge in [0.25, 0.3) is 5.91 Å². The number of nitrogens with zero attached hydrogens (tertiary/aromatic N) is 1. The highest BCUT2D eigenvalue weighted by atomic mass is 16.2. The SMILES string of the molecule is NC(=O)c1cccc(NC#CCO)c1N1CCCCC1. The Labute approximate surface area is 118 Å². The Kier molecular flexibility index (Phi) is 4.85. The van der Waals surface area contributed by atoms with Crippen LogP contribution in [0, 0.1) is 12.0 Å². The highest BCUT2D eigenvalue weighted by Crippen LogP contribution is 2.32. The molecule has 0 aliphatic carbocycles. The first-order chi connectivity index (χ1) is 9.74. The predicted molar refractivity (Wildman–Crippen MR) is 79.5 cm³/mol. The van der Waals surface area contributed by atoms with Crippen molar-refractivity contribution in [3.8, 4) is 12.0 Å². The second kappa shape index (κ2) is 6.83. The van der Waals surface area contributed by atoms with Crippen LogP contribution in [0.15, 0.2) is 18.2 Å². The Balaban J connectivity index is 2.39. The quantitative estimate of drug-likeness (QED) is 0.570. The molecular weight excluding hydrogens is 254 g/mol. The van der Waals surface area contributed by atoms with Crippen molar-refractivity contribution in [3.05, 3.63) is 23.8 Å². The van der Waals surface area contributed by atoms with Crippen LogP contribution < -0.4 is 16.0 Å². The first-order valence-electron chi connectivity index (χ1n) is 6.76. The number of hydrogen-bond acceptors (Lipinski definition) is 4. The van der Waals surface area contributed by atoms with Crippen LogP contribution in [0.25, 0.3) is 0 Å². The van der Waals surface area contributed by atoms with Crippen molar-refractivity contribution in [2.75, 3.05) is 29.9 Å². The molecule has 20 heavy (non-hydrogen) atoms. The zero-order valence-electron chi connectivity index (χ0n) is 11.4. The van der Waals surface area contributed by atoms with E-state index in [2.05, 4.69) is 22.2 Å². The fourth-order valence-electron chi connectivity index (χ4n) is 2.45. The lowest BCUT2D eigenvalue weighted by Gasteiger charge is -2.31. The van der Waals surface area contributed by atoms with Crippen molar-refractivity contribution >= 4 is 17.3 Å². The van der Waals surface area contributed by atoms with Crippen LogP contribution in [0.2, 0.25) is 0 Å². The van der Waals surface area contributed by atoms with E-state index in [0.717, 1.165) is 37.3 Å². The summed E-state index contributed by atoms with van der Waals surface area (Å²) in [6.45, 7) is 1.61. The summed E-state index contributed by atoms with van der Waals surface area (Å²) in [5, 5.41) is 11.6. The maximum atomic E-state index is 11.6. The smallest absolute Gasteiger partial charge is 0.250 e. The summed E-state index contributed by atoms with van der Waals surface area (Å²) in [6, 6.07) is 8.04. The van der Waals surface area contributed by atoms with Crippen LogP contribution >= 0.6 is 0 Å². The molecule has 0 aromatic heterocycles. The van der Waals surface area contributed by atoms with E-state index in [9.17, 15) is 4.79 Å². The lowest BCUT2D eigenvalue weighted by Crippen LogP contribution is -2.32. The molecule has 2 rings (SSSR count). The molecule has 4 N–H and O–H groups in total. The van der Waals surface area contributed by atoms with E-state index >= 15 is 0 Å². The number of anilines is 2. The van der Waals surface area contributed by atoms with Gasteiger partial charge in [-0.25, -0.2) is 0 Å². The molecule has 5 nitrogen and oxygen atoms in total. The third-order valence-corrected chi connectivity index (χ3v) is 3.34. The Morgan fingerprint density at radius 3 is 2.75 bits per heavy atom. The third kappa shape index (κ3) is 3.22. The maximum absolute atomic E-state index is 11.6. The van der Waals surface area contributed by atoms with Crippen LogP contribution in [0.1, 0.15) is 29.6 Å². The Bertz CT molecular complexity index is 540. The van der Waals surface area contributed by atoms with E-state index in [4.69, 9.17) is 10.8 Å². The summed E-state index contributed by atoms with van der Waals surface area (Å²) >= 11 is 0. The number of benzene rings is 1. The van der Waals surface area contributed by atoms with Crippen molar-refractivity contribution < 1.29 is 9.90 Å². The molecule has 0 radical (unpaired) electrons. The number of amides is 1. The predicted octanol–water partition coefficient (Wildman–Crippen LogP) is 1.14. The van der Waals surface area contributed by atoms with E-state index < -0.39 is 5.91 Å². The fourth-order valence-corrected chi connectivity index (χ4v) is 2.45. The number of primary amides is 1. The largest absolute Gasteiger partial charge is 0.384 e. The summed E-state index contributed by atoms with van der Waals surface area (Å²) in [6.07, 6.45) is 3.42. The van der Waals surface area contributed by atoms with Crippen molar-refractivity contribution in [1.82, 2.24) is 0 Å². The highest BCUT2D eigenvalue weighted by Gasteiger charge is 2.20.